The fraction of sp³-hybridized carbons (Fsp3) is 0.471. The maximum Gasteiger partial charge on any atom is 0.416 e. The van der Waals surface area contributed by atoms with E-state index in [1.54, 1.807) is 13.8 Å². The molecule has 0 radical (unpaired) electrons. The van der Waals surface area contributed by atoms with Crippen LogP contribution in [0.3, 0.4) is 0 Å². The highest BCUT2D eigenvalue weighted by Crippen LogP contribution is 2.44. The summed E-state index contributed by atoms with van der Waals surface area (Å²) in [5.41, 5.74) is 2.08. The van der Waals surface area contributed by atoms with Crippen LogP contribution in [0.5, 0.6) is 0 Å². The van der Waals surface area contributed by atoms with Crippen LogP contribution in [0.2, 0.25) is 0 Å². The second-order valence-corrected chi connectivity index (χ2v) is 6.40. The van der Waals surface area contributed by atoms with Crippen LogP contribution in [0.1, 0.15) is 34.1 Å². The molecule has 0 spiro atoms. The highest BCUT2D eigenvalue weighted by molar-refractivity contribution is 5.70. The molecule has 4 nitrogen and oxygen atoms in total. The quantitative estimate of drug-likeness (QED) is 0.864. The molecule has 1 fully saturated rings. The average molecular weight is 338 g/mol. The number of rotatable bonds is 1. The molecule has 1 aromatic heterocycles. The van der Waals surface area contributed by atoms with E-state index in [9.17, 15) is 13.2 Å². The van der Waals surface area contributed by atoms with Gasteiger partial charge in [-0.1, -0.05) is 11.2 Å². The van der Waals surface area contributed by atoms with Crippen molar-refractivity contribution in [2.45, 2.75) is 38.7 Å². The molecule has 0 aliphatic carbocycles. The zero-order chi connectivity index (χ0) is 17.1. The van der Waals surface area contributed by atoms with Crippen LogP contribution in [-0.2, 0) is 17.5 Å². The van der Waals surface area contributed by atoms with Gasteiger partial charge >= 0.3 is 6.18 Å². The normalized spacial score (nSPS) is 23.2. The minimum absolute atomic E-state index is 0.00506. The van der Waals surface area contributed by atoms with Gasteiger partial charge in [-0.2, -0.15) is 13.2 Å². The molecule has 1 aromatic carbocycles. The van der Waals surface area contributed by atoms with Gasteiger partial charge in [0.1, 0.15) is 5.76 Å². The van der Waals surface area contributed by atoms with Crippen molar-refractivity contribution in [2.24, 2.45) is 0 Å². The Hall–Kier alpha value is -1.86. The van der Waals surface area contributed by atoms with Crippen LogP contribution < -0.4 is 5.32 Å². The van der Waals surface area contributed by atoms with Crippen molar-refractivity contribution in [3.8, 4) is 11.1 Å². The first-order valence-corrected chi connectivity index (χ1v) is 7.86. The van der Waals surface area contributed by atoms with Crippen molar-refractivity contribution < 1.29 is 22.4 Å². The number of alkyl halides is 3. The third kappa shape index (κ3) is 2.34. The molecule has 1 N–H and O–H groups in total. The van der Waals surface area contributed by atoms with E-state index in [1.165, 1.54) is 6.07 Å². The summed E-state index contributed by atoms with van der Waals surface area (Å²) in [6, 6.07) is 3.04. The predicted octanol–water partition coefficient (Wildman–Crippen LogP) is 3.56. The molecule has 0 amide bonds. The molecule has 7 heteroatoms. The van der Waals surface area contributed by atoms with Crippen LogP contribution in [-0.4, -0.2) is 24.4 Å². The Morgan fingerprint density at radius 1 is 1.21 bits per heavy atom. The van der Waals surface area contributed by atoms with Gasteiger partial charge in [0.2, 0.25) is 0 Å². The van der Waals surface area contributed by atoms with Crippen molar-refractivity contribution in [1.29, 1.82) is 0 Å². The minimum Gasteiger partial charge on any atom is -0.372 e. The Kier molecular flexibility index (Phi) is 3.47. The number of aryl methyl sites for hydroxylation is 2. The molecular formula is C17H17F3N2O2. The molecular weight excluding hydrogens is 321 g/mol. The maximum atomic E-state index is 13.6. The molecule has 2 aliphatic heterocycles. The lowest BCUT2D eigenvalue weighted by Crippen LogP contribution is -2.29. The molecule has 0 saturated carbocycles. The van der Waals surface area contributed by atoms with Gasteiger partial charge in [-0.15, -0.1) is 0 Å². The molecule has 2 aliphatic rings. The van der Waals surface area contributed by atoms with E-state index in [2.05, 4.69) is 10.5 Å². The minimum atomic E-state index is -4.43. The molecule has 3 heterocycles. The summed E-state index contributed by atoms with van der Waals surface area (Å²) in [5.74, 6) is 0.462. The van der Waals surface area contributed by atoms with Crippen LogP contribution >= 0.6 is 0 Å². The predicted molar refractivity (Wildman–Crippen MR) is 80.6 cm³/mol. The first kappa shape index (κ1) is 15.7. The molecule has 1 saturated heterocycles. The molecule has 24 heavy (non-hydrogen) atoms. The van der Waals surface area contributed by atoms with Crippen LogP contribution in [0.25, 0.3) is 11.1 Å². The second-order valence-electron chi connectivity index (χ2n) is 6.40. The third-order valence-electron chi connectivity index (χ3n) is 4.91. The van der Waals surface area contributed by atoms with Gasteiger partial charge in [0.25, 0.3) is 0 Å². The number of nitrogens with zero attached hydrogens (tertiary/aromatic N) is 1. The lowest BCUT2D eigenvalue weighted by Gasteiger charge is -2.30. The Labute approximate surface area is 137 Å². The van der Waals surface area contributed by atoms with Gasteiger partial charge in [0.05, 0.1) is 24.0 Å². The zero-order valence-electron chi connectivity index (χ0n) is 13.3. The second kappa shape index (κ2) is 5.32. The summed E-state index contributed by atoms with van der Waals surface area (Å²) in [6.45, 7) is 4.74. The fourth-order valence-corrected chi connectivity index (χ4v) is 3.81. The van der Waals surface area contributed by atoms with Gasteiger partial charge in [0, 0.05) is 24.6 Å². The van der Waals surface area contributed by atoms with Crippen molar-refractivity contribution in [2.75, 3.05) is 13.1 Å². The van der Waals surface area contributed by atoms with Gasteiger partial charge in [-0.25, -0.2) is 0 Å². The number of hydrogen-bond acceptors (Lipinski definition) is 4. The Morgan fingerprint density at radius 2 is 2.00 bits per heavy atom. The number of ether oxygens (including phenoxy) is 1. The van der Waals surface area contributed by atoms with Gasteiger partial charge in [-0.05, 0) is 36.6 Å². The lowest BCUT2D eigenvalue weighted by atomic mass is 9.84. The Morgan fingerprint density at radius 3 is 2.67 bits per heavy atom. The molecule has 2 aromatic rings. The third-order valence-corrected chi connectivity index (χ3v) is 4.91. The van der Waals surface area contributed by atoms with Crippen LogP contribution in [0, 0.1) is 13.8 Å². The largest absolute Gasteiger partial charge is 0.416 e. The van der Waals surface area contributed by atoms with Gasteiger partial charge in [-0.3, -0.25) is 0 Å². The van der Waals surface area contributed by atoms with Crippen LogP contribution in [0.15, 0.2) is 16.7 Å². The van der Waals surface area contributed by atoms with Crippen molar-refractivity contribution in [1.82, 2.24) is 10.5 Å². The van der Waals surface area contributed by atoms with Gasteiger partial charge in [0.15, 0.2) is 0 Å². The maximum absolute atomic E-state index is 13.6. The summed E-state index contributed by atoms with van der Waals surface area (Å²) < 4.78 is 51.7. The number of halogens is 3. The molecule has 4 rings (SSSR count). The van der Waals surface area contributed by atoms with Crippen LogP contribution in [0.4, 0.5) is 13.2 Å². The van der Waals surface area contributed by atoms with Crippen molar-refractivity contribution >= 4 is 0 Å². The average Bonchev–Trinajstić information content (AvgIpc) is 3.12. The molecule has 2 atom stereocenters. The van der Waals surface area contributed by atoms with Crippen molar-refractivity contribution in [3.63, 3.8) is 0 Å². The zero-order valence-corrected chi connectivity index (χ0v) is 13.3. The first-order chi connectivity index (χ1) is 11.4. The van der Waals surface area contributed by atoms with Gasteiger partial charge < -0.3 is 14.6 Å². The lowest BCUT2D eigenvalue weighted by molar-refractivity contribution is -0.139. The number of fused-ring (bicyclic) bond motifs is 3. The number of benzene rings is 1. The fourth-order valence-electron chi connectivity index (χ4n) is 3.81. The SMILES string of the molecule is Cc1noc(C)c1-c1cc2c(c(C(F)(F)F)c1)CO[C@H]1CNC[C@@H]21. The Balaban J connectivity index is 1.96. The smallest absolute Gasteiger partial charge is 0.372 e. The summed E-state index contributed by atoms with van der Waals surface area (Å²) >= 11 is 0. The highest BCUT2D eigenvalue weighted by Gasteiger charge is 2.41. The summed E-state index contributed by atoms with van der Waals surface area (Å²) in [7, 11) is 0. The topological polar surface area (TPSA) is 47.3 Å². The molecule has 128 valence electrons. The number of aromatic nitrogens is 1. The highest BCUT2D eigenvalue weighted by atomic mass is 19.4. The monoisotopic (exact) mass is 338 g/mol. The standard InChI is InChI=1S/C17H17F3N2O2/c1-8-16(9(2)24-22-8)10-3-11-12-5-21-6-15(12)23-7-13(11)14(4-10)17(18,19)20/h3-4,12,15,21H,5-7H2,1-2H3/t12-,15-/m0/s1. The van der Waals surface area contributed by atoms with E-state index in [-0.39, 0.29) is 24.2 Å². The van der Waals surface area contributed by atoms with E-state index >= 15 is 0 Å². The van der Waals surface area contributed by atoms with Crippen molar-refractivity contribution in [3.05, 3.63) is 40.3 Å². The number of hydrogen-bond donors (Lipinski definition) is 1. The summed E-state index contributed by atoms with van der Waals surface area (Å²) in [6.07, 6.45) is -4.50. The Bertz CT molecular complexity index is 778. The summed E-state index contributed by atoms with van der Waals surface area (Å²) in [5, 5.41) is 7.07. The molecule has 0 unspecified atom stereocenters. The van der Waals surface area contributed by atoms with E-state index in [4.69, 9.17) is 9.26 Å². The van der Waals surface area contributed by atoms with E-state index in [0.29, 0.717) is 35.7 Å². The molecule has 0 bridgehead atoms. The van der Waals surface area contributed by atoms with E-state index < -0.39 is 11.7 Å². The van der Waals surface area contributed by atoms with E-state index in [1.807, 2.05) is 6.07 Å². The number of nitrogens with one attached hydrogen (secondary N) is 1. The van der Waals surface area contributed by atoms with E-state index in [0.717, 1.165) is 5.56 Å². The summed E-state index contributed by atoms with van der Waals surface area (Å²) in [4.78, 5) is 0. The first-order valence-electron chi connectivity index (χ1n) is 7.86.